The lowest BCUT2D eigenvalue weighted by Gasteiger charge is -2.23. The van der Waals surface area contributed by atoms with Gasteiger partial charge in [-0.1, -0.05) is 25.1 Å². The highest BCUT2D eigenvalue weighted by Gasteiger charge is 2.24. The largest absolute Gasteiger partial charge is 0.629 e. The molecule has 1 unspecified atom stereocenters. The van der Waals surface area contributed by atoms with E-state index in [0.29, 0.717) is 42.3 Å². The molecule has 10 heteroatoms. The van der Waals surface area contributed by atoms with Gasteiger partial charge in [-0.25, -0.2) is 17.5 Å². The first-order chi connectivity index (χ1) is 15.1. The molecule has 0 saturated carbocycles. The number of hydroxylamine groups is 1. The van der Waals surface area contributed by atoms with Crippen LogP contribution < -0.4 is 9.80 Å². The van der Waals surface area contributed by atoms with Gasteiger partial charge in [0.1, 0.15) is 11.4 Å². The van der Waals surface area contributed by atoms with E-state index in [-0.39, 0.29) is 10.8 Å². The van der Waals surface area contributed by atoms with Crippen LogP contribution in [0.5, 0.6) is 5.75 Å². The normalized spacial score (nSPS) is 12.7. The summed E-state index contributed by atoms with van der Waals surface area (Å²) in [5.41, 5.74) is 1.76. The minimum absolute atomic E-state index is 0.153. The fourth-order valence-electron chi connectivity index (χ4n) is 3.20. The molecule has 0 saturated heterocycles. The second-order valence-electron chi connectivity index (χ2n) is 7.33. The van der Waals surface area contributed by atoms with Crippen LogP contribution in [0.1, 0.15) is 24.5 Å². The first kappa shape index (κ1) is 26.1. The van der Waals surface area contributed by atoms with Gasteiger partial charge in [0, 0.05) is 29.3 Å². The monoisotopic (exact) mass is 482 g/mol. The SMILES string of the molecule is CCCN(CCSc1ccc(OCC(=O)O)c(C)c1)S(=O)(=O)Cc1ccccc1[NH+](C)[O-]. The standard InChI is InChI=1S/C22H30N2O6S2/c1-4-11-24(32(28,29)16-18-7-5-6-8-20(18)23(3)27)12-13-31-19-9-10-21(17(2)14-19)30-15-22(25)26/h5-10,14,23H,4,11-13,15-16H2,1-3H3,(H,25,26). The summed E-state index contributed by atoms with van der Waals surface area (Å²) < 4.78 is 32.9. The first-order valence-electron chi connectivity index (χ1n) is 10.3. The van der Waals surface area contributed by atoms with E-state index in [1.807, 2.05) is 26.0 Å². The number of thioether (sulfide) groups is 1. The Bertz CT molecular complexity index is 1010. The summed E-state index contributed by atoms with van der Waals surface area (Å²) in [6, 6.07) is 12.3. The molecule has 2 aromatic rings. The van der Waals surface area contributed by atoms with E-state index in [4.69, 9.17) is 9.84 Å². The second kappa shape index (κ2) is 12.2. The van der Waals surface area contributed by atoms with Gasteiger partial charge in [0.15, 0.2) is 6.61 Å². The lowest BCUT2D eigenvalue weighted by Crippen LogP contribution is -2.98. The number of nitrogens with one attached hydrogen (secondary N) is 1. The maximum absolute atomic E-state index is 13.1. The van der Waals surface area contributed by atoms with Crippen molar-refractivity contribution in [3.8, 4) is 5.75 Å². The van der Waals surface area contributed by atoms with E-state index in [0.717, 1.165) is 10.5 Å². The van der Waals surface area contributed by atoms with Crippen molar-refractivity contribution in [2.24, 2.45) is 0 Å². The van der Waals surface area contributed by atoms with Gasteiger partial charge in [-0.05, 0) is 43.2 Å². The second-order valence-corrected chi connectivity index (χ2v) is 10.5. The quantitative estimate of drug-likeness (QED) is 0.333. The Morgan fingerprint density at radius 1 is 1.22 bits per heavy atom. The number of nitrogens with zero attached hydrogens (tertiary/aromatic N) is 1. The van der Waals surface area contributed by atoms with Gasteiger partial charge in [0.05, 0.1) is 12.8 Å². The van der Waals surface area contributed by atoms with Crippen LogP contribution in [0.4, 0.5) is 5.69 Å². The number of hydrogen-bond acceptors (Lipinski definition) is 6. The van der Waals surface area contributed by atoms with Crippen LogP contribution in [-0.2, 0) is 20.6 Å². The number of hydrogen-bond donors (Lipinski definition) is 2. The molecule has 2 aromatic carbocycles. The Kier molecular flexibility index (Phi) is 9.98. The molecule has 0 aliphatic rings. The first-order valence-corrected chi connectivity index (χ1v) is 12.9. The van der Waals surface area contributed by atoms with E-state index in [1.54, 1.807) is 30.3 Å². The van der Waals surface area contributed by atoms with Gasteiger partial charge in [0.25, 0.3) is 0 Å². The van der Waals surface area contributed by atoms with E-state index < -0.39 is 22.6 Å². The number of para-hydroxylation sites is 1. The average Bonchev–Trinajstić information content (AvgIpc) is 2.72. The van der Waals surface area contributed by atoms with Gasteiger partial charge in [-0.15, -0.1) is 11.8 Å². The number of rotatable bonds is 13. The molecule has 0 bridgehead atoms. The van der Waals surface area contributed by atoms with Crippen LogP contribution in [0, 0.1) is 12.1 Å². The Balaban J connectivity index is 2.03. The van der Waals surface area contributed by atoms with Crippen LogP contribution in [0.2, 0.25) is 0 Å². The van der Waals surface area contributed by atoms with Crippen LogP contribution in [-0.4, -0.2) is 56.3 Å². The molecule has 1 atom stereocenters. The van der Waals surface area contributed by atoms with Crippen molar-refractivity contribution in [3.05, 3.63) is 58.8 Å². The molecule has 2 rings (SSSR count). The maximum Gasteiger partial charge on any atom is 0.341 e. The highest BCUT2D eigenvalue weighted by molar-refractivity contribution is 7.99. The molecule has 0 aromatic heterocycles. The van der Waals surface area contributed by atoms with Crippen molar-refractivity contribution in [2.75, 3.05) is 32.5 Å². The van der Waals surface area contributed by atoms with E-state index >= 15 is 0 Å². The summed E-state index contributed by atoms with van der Waals surface area (Å²) in [5, 5.41) is 20.4. The third-order valence-corrected chi connectivity index (χ3v) is 7.51. The smallest absolute Gasteiger partial charge is 0.341 e. The summed E-state index contributed by atoms with van der Waals surface area (Å²) in [6.07, 6.45) is 0.687. The summed E-state index contributed by atoms with van der Waals surface area (Å²) >= 11 is 1.52. The third-order valence-electron chi connectivity index (χ3n) is 4.71. The minimum Gasteiger partial charge on any atom is -0.629 e. The van der Waals surface area contributed by atoms with Gasteiger partial charge in [-0.2, -0.15) is 0 Å². The minimum atomic E-state index is -3.59. The molecule has 0 amide bonds. The fourth-order valence-corrected chi connectivity index (χ4v) is 5.94. The van der Waals surface area contributed by atoms with Crippen molar-refractivity contribution in [2.45, 2.75) is 30.9 Å². The van der Waals surface area contributed by atoms with E-state index in [2.05, 4.69) is 0 Å². The zero-order valence-electron chi connectivity index (χ0n) is 18.5. The van der Waals surface area contributed by atoms with Crippen molar-refractivity contribution in [1.82, 2.24) is 4.31 Å². The summed E-state index contributed by atoms with van der Waals surface area (Å²) in [6.45, 7) is 4.12. The van der Waals surface area contributed by atoms with Gasteiger partial charge in [-0.3, -0.25) is 0 Å². The molecule has 0 aliphatic heterocycles. The van der Waals surface area contributed by atoms with Gasteiger partial charge >= 0.3 is 5.97 Å². The summed E-state index contributed by atoms with van der Waals surface area (Å²) in [4.78, 5) is 11.6. The van der Waals surface area contributed by atoms with E-state index in [9.17, 15) is 18.4 Å². The molecular formula is C22H30N2O6S2. The number of benzene rings is 2. The number of aliphatic carboxylic acids is 1. The highest BCUT2D eigenvalue weighted by atomic mass is 32.2. The maximum atomic E-state index is 13.1. The molecule has 32 heavy (non-hydrogen) atoms. The molecule has 0 radical (unpaired) electrons. The molecule has 8 nitrogen and oxygen atoms in total. The predicted molar refractivity (Wildman–Crippen MR) is 126 cm³/mol. The van der Waals surface area contributed by atoms with Crippen molar-refractivity contribution in [3.63, 3.8) is 0 Å². The Labute approximate surface area is 193 Å². The fraction of sp³-hybridized carbons (Fsp3) is 0.409. The molecule has 0 heterocycles. The molecule has 176 valence electrons. The van der Waals surface area contributed by atoms with Crippen molar-refractivity contribution < 1.29 is 28.1 Å². The van der Waals surface area contributed by atoms with Crippen molar-refractivity contribution >= 4 is 33.4 Å². The number of quaternary nitrogens is 1. The molecule has 2 N–H and O–H groups in total. The molecule has 0 spiro atoms. The Hall–Kier alpha value is -2.11. The molecular weight excluding hydrogens is 452 g/mol. The number of ether oxygens (including phenoxy) is 1. The van der Waals surface area contributed by atoms with Crippen molar-refractivity contribution in [1.29, 1.82) is 0 Å². The summed E-state index contributed by atoms with van der Waals surface area (Å²) in [7, 11) is -2.15. The van der Waals surface area contributed by atoms with Gasteiger partial charge < -0.3 is 20.1 Å². The molecule has 0 aliphatic carbocycles. The lowest BCUT2D eigenvalue weighted by molar-refractivity contribution is -0.751. The van der Waals surface area contributed by atoms with Crippen LogP contribution in [0.25, 0.3) is 0 Å². The Morgan fingerprint density at radius 2 is 1.94 bits per heavy atom. The zero-order chi connectivity index (χ0) is 23.7. The number of carboxylic acid groups (broad SMARTS) is 1. The topological polar surface area (TPSA) is 111 Å². The predicted octanol–water partition coefficient (Wildman–Crippen LogP) is 2.44. The highest BCUT2D eigenvalue weighted by Crippen LogP contribution is 2.26. The van der Waals surface area contributed by atoms with E-state index in [1.165, 1.54) is 23.1 Å². The van der Waals surface area contributed by atoms with Crippen LogP contribution in [0.15, 0.2) is 47.4 Å². The van der Waals surface area contributed by atoms with Gasteiger partial charge in [0.2, 0.25) is 10.0 Å². The zero-order valence-corrected chi connectivity index (χ0v) is 20.2. The Morgan fingerprint density at radius 3 is 2.56 bits per heavy atom. The number of carbonyl (C=O) groups is 1. The number of sulfonamides is 1. The summed E-state index contributed by atoms with van der Waals surface area (Å²) in [5.74, 6) is -0.174. The van der Waals surface area contributed by atoms with Crippen LogP contribution >= 0.6 is 11.8 Å². The number of aryl methyl sites for hydroxylation is 1. The third kappa shape index (κ3) is 7.79. The number of carboxylic acids is 1. The average molecular weight is 483 g/mol. The lowest BCUT2D eigenvalue weighted by atomic mass is 10.2. The van der Waals surface area contributed by atoms with Crippen LogP contribution in [0.3, 0.4) is 0 Å². The molecule has 0 fully saturated rings.